The Morgan fingerprint density at radius 2 is 1.74 bits per heavy atom. The number of nitrogens with one attached hydrogen (secondary N) is 1. The lowest BCUT2D eigenvalue weighted by molar-refractivity contribution is 0.0105. The molecule has 3 aromatic rings. The van der Waals surface area contributed by atoms with E-state index in [1.807, 2.05) is 12.1 Å². The van der Waals surface area contributed by atoms with Gasteiger partial charge in [-0.15, -0.1) is 5.10 Å². The van der Waals surface area contributed by atoms with Crippen molar-refractivity contribution in [2.75, 3.05) is 49.6 Å². The SMILES string of the molecule is Fc1cc(F)cc(-n2cnc(Nc3cc(Cl)cc(N4CC(N5CCOCC5)C4)c3)n2)c1.[HH]. The lowest BCUT2D eigenvalue weighted by Gasteiger charge is -2.47. The number of nitrogens with zero attached hydrogens (tertiary/aromatic N) is 5. The first-order valence-corrected chi connectivity index (χ1v) is 10.4. The van der Waals surface area contributed by atoms with Crippen molar-refractivity contribution in [1.29, 1.82) is 0 Å². The second kappa shape index (κ2) is 8.41. The fraction of sp³-hybridized carbons (Fsp3) is 0.333. The summed E-state index contributed by atoms with van der Waals surface area (Å²) in [6, 6.07) is 9.43. The van der Waals surface area contributed by atoms with Gasteiger partial charge in [0.25, 0.3) is 0 Å². The maximum absolute atomic E-state index is 13.5. The summed E-state index contributed by atoms with van der Waals surface area (Å²) < 4.78 is 33.7. The molecule has 1 N–H and O–H groups in total. The third kappa shape index (κ3) is 4.48. The van der Waals surface area contributed by atoms with Gasteiger partial charge in [-0.2, -0.15) is 4.98 Å². The van der Waals surface area contributed by atoms with Gasteiger partial charge in [0.1, 0.15) is 18.0 Å². The van der Waals surface area contributed by atoms with E-state index in [0.717, 1.165) is 56.8 Å². The number of anilines is 3. The van der Waals surface area contributed by atoms with Crippen molar-refractivity contribution in [2.24, 2.45) is 0 Å². The highest BCUT2D eigenvalue weighted by Crippen LogP contribution is 2.31. The summed E-state index contributed by atoms with van der Waals surface area (Å²) in [5.41, 5.74) is 2.01. The van der Waals surface area contributed by atoms with Gasteiger partial charge in [-0.1, -0.05) is 11.6 Å². The number of morpholine rings is 1. The second-order valence-corrected chi connectivity index (χ2v) is 8.11. The standard InChI is InChI=1S/C21H21ClF2N6O.H2/c22-14-5-17(10-18(6-14)29-11-20(12-29)28-1-3-31-4-2-28)26-21-25-13-30(27-21)19-8-15(23)7-16(24)9-19;/h5-10,13,20H,1-4,11-12H2,(H,26,27);1H. The zero-order valence-electron chi connectivity index (χ0n) is 16.6. The molecule has 2 aromatic carbocycles. The van der Waals surface area contributed by atoms with Crippen LogP contribution in [0.25, 0.3) is 5.69 Å². The van der Waals surface area contributed by atoms with Crippen LogP contribution < -0.4 is 10.2 Å². The Morgan fingerprint density at radius 3 is 2.48 bits per heavy atom. The van der Waals surface area contributed by atoms with Crippen molar-refractivity contribution in [2.45, 2.75) is 6.04 Å². The highest BCUT2D eigenvalue weighted by molar-refractivity contribution is 6.31. The first kappa shape index (κ1) is 20.2. The lowest BCUT2D eigenvalue weighted by atomic mass is 10.0. The van der Waals surface area contributed by atoms with E-state index in [9.17, 15) is 8.78 Å². The van der Waals surface area contributed by atoms with Crippen LogP contribution in [0.1, 0.15) is 1.43 Å². The molecule has 2 aliphatic rings. The van der Waals surface area contributed by atoms with Crippen molar-refractivity contribution in [3.63, 3.8) is 0 Å². The highest BCUT2D eigenvalue weighted by Gasteiger charge is 2.32. The molecular weight excluding hydrogens is 426 g/mol. The van der Waals surface area contributed by atoms with Gasteiger partial charge in [0.2, 0.25) is 5.95 Å². The Hall–Kier alpha value is -2.75. The van der Waals surface area contributed by atoms with E-state index in [1.54, 1.807) is 6.07 Å². The molecule has 0 saturated carbocycles. The van der Waals surface area contributed by atoms with E-state index in [2.05, 4.69) is 25.2 Å². The number of ether oxygens (including phenoxy) is 1. The van der Waals surface area contributed by atoms with Gasteiger partial charge in [0.15, 0.2) is 0 Å². The Labute approximate surface area is 184 Å². The number of hydrogen-bond donors (Lipinski definition) is 1. The number of hydrogen-bond acceptors (Lipinski definition) is 6. The smallest absolute Gasteiger partial charge is 0.246 e. The molecule has 1 aromatic heterocycles. The van der Waals surface area contributed by atoms with E-state index < -0.39 is 11.6 Å². The summed E-state index contributed by atoms with van der Waals surface area (Å²) in [6.45, 7) is 5.43. The second-order valence-electron chi connectivity index (χ2n) is 7.67. The van der Waals surface area contributed by atoms with E-state index in [0.29, 0.717) is 17.0 Å². The van der Waals surface area contributed by atoms with Crippen molar-refractivity contribution >= 4 is 28.9 Å². The van der Waals surface area contributed by atoms with Crippen molar-refractivity contribution < 1.29 is 14.9 Å². The maximum atomic E-state index is 13.5. The van der Waals surface area contributed by atoms with Gasteiger partial charge in [-0.05, 0) is 30.3 Å². The Morgan fingerprint density at radius 1 is 1.00 bits per heavy atom. The molecule has 3 heterocycles. The predicted molar refractivity (Wildman–Crippen MR) is 117 cm³/mol. The highest BCUT2D eigenvalue weighted by atomic mass is 35.5. The summed E-state index contributed by atoms with van der Waals surface area (Å²) in [4.78, 5) is 8.92. The Bertz CT molecular complexity index is 1070. The quantitative estimate of drug-likeness (QED) is 0.642. The summed E-state index contributed by atoms with van der Waals surface area (Å²) in [7, 11) is 0. The molecule has 0 atom stereocenters. The molecule has 31 heavy (non-hydrogen) atoms. The first-order valence-electron chi connectivity index (χ1n) is 10.1. The minimum absolute atomic E-state index is 0. The summed E-state index contributed by atoms with van der Waals surface area (Å²) in [6.07, 6.45) is 1.39. The number of halogens is 3. The monoisotopic (exact) mass is 448 g/mol. The molecule has 7 nitrogen and oxygen atoms in total. The molecular formula is C21H23ClF2N6O. The fourth-order valence-electron chi connectivity index (χ4n) is 3.91. The molecule has 164 valence electrons. The normalized spacial score (nSPS) is 17.6. The average Bonchev–Trinajstić information content (AvgIpc) is 3.15. The van der Waals surface area contributed by atoms with Crippen molar-refractivity contribution in [1.82, 2.24) is 19.7 Å². The third-order valence-electron chi connectivity index (χ3n) is 5.53. The van der Waals surface area contributed by atoms with Crippen LogP contribution in [-0.2, 0) is 4.74 Å². The van der Waals surface area contributed by atoms with E-state index in [1.165, 1.54) is 23.1 Å². The lowest BCUT2D eigenvalue weighted by Crippen LogP contribution is -2.61. The minimum Gasteiger partial charge on any atom is -0.379 e. The summed E-state index contributed by atoms with van der Waals surface area (Å²) >= 11 is 6.34. The zero-order valence-corrected chi connectivity index (χ0v) is 17.4. The molecule has 0 bridgehead atoms. The van der Waals surface area contributed by atoms with Crippen LogP contribution in [0.5, 0.6) is 0 Å². The van der Waals surface area contributed by atoms with Gasteiger partial charge >= 0.3 is 0 Å². The molecule has 0 amide bonds. The van der Waals surface area contributed by atoms with Crippen LogP contribution in [0, 0.1) is 11.6 Å². The van der Waals surface area contributed by atoms with Gasteiger partial charge < -0.3 is 15.0 Å². The molecule has 0 unspecified atom stereocenters. The number of rotatable bonds is 5. The largest absolute Gasteiger partial charge is 0.379 e. The van der Waals surface area contributed by atoms with Crippen LogP contribution in [0.2, 0.25) is 5.02 Å². The van der Waals surface area contributed by atoms with Gasteiger partial charge in [0, 0.05) is 56.1 Å². The van der Waals surface area contributed by atoms with Crippen LogP contribution in [0.4, 0.5) is 26.1 Å². The first-order chi connectivity index (χ1) is 15.0. The van der Waals surface area contributed by atoms with Crippen molar-refractivity contribution in [3.05, 3.63) is 59.4 Å². The number of aromatic nitrogens is 3. The molecule has 2 aliphatic heterocycles. The molecule has 2 fully saturated rings. The van der Waals surface area contributed by atoms with Crippen LogP contribution >= 0.6 is 11.6 Å². The van der Waals surface area contributed by atoms with E-state index in [-0.39, 0.29) is 7.11 Å². The molecule has 10 heteroatoms. The molecule has 2 saturated heterocycles. The fourth-order valence-corrected chi connectivity index (χ4v) is 4.14. The van der Waals surface area contributed by atoms with Crippen LogP contribution in [0.15, 0.2) is 42.7 Å². The van der Waals surface area contributed by atoms with Gasteiger partial charge in [-0.3, -0.25) is 4.90 Å². The third-order valence-corrected chi connectivity index (χ3v) is 5.75. The van der Waals surface area contributed by atoms with Gasteiger partial charge in [0.05, 0.1) is 18.9 Å². The molecule has 5 rings (SSSR count). The molecule has 0 aliphatic carbocycles. The minimum atomic E-state index is -0.676. The van der Waals surface area contributed by atoms with E-state index >= 15 is 0 Å². The van der Waals surface area contributed by atoms with Crippen LogP contribution in [-0.4, -0.2) is 65.1 Å². The zero-order chi connectivity index (χ0) is 21.4. The number of benzene rings is 2. The van der Waals surface area contributed by atoms with Gasteiger partial charge in [-0.25, -0.2) is 13.5 Å². The predicted octanol–water partition coefficient (Wildman–Crippen LogP) is 3.71. The summed E-state index contributed by atoms with van der Waals surface area (Å²) in [5, 5.41) is 7.97. The molecule has 0 spiro atoms. The molecule has 0 radical (unpaired) electrons. The Kier molecular flexibility index (Phi) is 5.47. The average molecular weight is 449 g/mol. The Balaban J connectivity index is 0.00000245. The van der Waals surface area contributed by atoms with Crippen molar-refractivity contribution in [3.8, 4) is 5.69 Å². The topological polar surface area (TPSA) is 58.5 Å². The van der Waals surface area contributed by atoms with E-state index in [4.69, 9.17) is 16.3 Å². The van der Waals surface area contributed by atoms with Crippen LogP contribution in [0.3, 0.4) is 0 Å². The summed E-state index contributed by atoms with van der Waals surface area (Å²) in [5.74, 6) is -1.05. The maximum Gasteiger partial charge on any atom is 0.246 e.